The molecule has 1 aromatic rings. The highest BCUT2D eigenvalue weighted by atomic mass is 79.9. The Morgan fingerprint density at radius 1 is 1.45 bits per heavy atom. The smallest absolute Gasteiger partial charge is 0.256 e. The maximum absolute atomic E-state index is 10.7. The third kappa shape index (κ3) is 1.94. The Morgan fingerprint density at radius 3 is 2.55 bits per heavy atom. The third-order valence-corrected chi connectivity index (χ3v) is 1.73. The largest absolute Gasteiger partial charge is 0.417 e. The number of carbonyl (C=O) groups is 1. The Bertz CT molecular complexity index is 275. The first-order valence-corrected chi connectivity index (χ1v) is 3.85. The van der Waals surface area contributed by atoms with Crippen molar-refractivity contribution in [1.29, 1.82) is 0 Å². The number of hydrogen-bond acceptors (Lipinski definition) is 2. The van der Waals surface area contributed by atoms with Crippen molar-refractivity contribution < 1.29 is 8.62 Å². The van der Waals surface area contributed by atoms with Crippen LogP contribution in [0, 0.1) is 0 Å². The fourth-order valence-electron chi connectivity index (χ4n) is 0.696. The molecular weight excluding hydrogens is 231 g/mol. The summed E-state index contributed by atoms with van der Waals surface area (Å²) in [5, 5.41) is -0.528. The minimum atomic E-state index is -0.528. The van der Waals surface area contributed by atoms with Crippen molar-refractivity contribution in [2.24, 2.45) is 0 Å². The van der Waals surface area contributed by atoms with E-state index >= 15 is 0 Å². The summed E-state index contributed by atoms with van der Waals surface area (Å²) in [5.41, 5.74) is 0.353. The SMILES string of the molecule is O=C(Cl)c1ccccc1OBr. The van der Waals surface area contributed by atoms with E-state index in [1.54, 1.807) is 24.3 Å². The summed E-state index contributed by atoms with van der Waals surface area (Å²) in [6.07, 6.45) is 0. The van der Waals surface area contributed by atoms with Gasteiger partial charge in [-0.2, -0.15) is 0 Å². The molecular formula is C7H4BrClO2. The number of carbonyl (C=O) groups excluding carboxylic acids is 1. The number of benzene rings is 1. The summed E-state index contributed by atoms with van der Waals surface area (Å²) in [6, 6.07) is 6.70. The van der Waals surface area contributed by atoms with Crippen molar-refractivity contribution >= 4 is 33.1 Å². The van der Waals surface area contributed by atoms with Gasteiger partial charge in [-0.1, -0.05) is 12.1 Å². The van der Waals surface area contributed by atoms with Gasteiger partial charge >= 0.3 is 0 Å². The van der Waals surface area contributed by atoms with E-state index in [1.165, 1.54) is 0 Å². The van der Waals surface area contributed by atoms with Gasteiger partial charge < -0.3 is 3.83 Å². The lowest BCUT2D eigenvalue weighted by Crippen LogP contribution is -1.90. The molecule has 0 fully saturated rings. The maximum atomic E-state index is 10.7. The van der Waals surface area contributed by atoms with E-state index in [0.29, 0.717) is 11.3 Å². The molecule has 1 rings (SSSR count). The summed E-state index contributed by atoms with van der Waals surface area (Å²) in [4.78, 5) is 10.7. The maximum Gasteiger partial charge on any atom is 0.256 e. The molecule has 0 radical (unpaired) electrons. The first-order chi connectivity index (χ1) is 5.25. The van der Waals surface area contributed by atoms with Crippen LogP contribution in [0.25, 0.3) is 0 Å². The number of hydrogen-bond donors (Lipinski definition) is 0. The normalized spacial score (nSPS) is 9.27. The zero-order valence-corrected chi connectivity index (χ0v) is 7.72. The molecule has 0 spiro atoms. The molecule has 0 aliphatic carbocycles. The molecule has 4 heteroatoms. The second kappa shape index (κ2) is 3.74. The minimum Gasteiger partial charge on any atom is -0.417 e. The van der Waals surface area contributed by atoms with Crippen LogP contribution in [0.5, 0.6) is 5.75 Å². The minimum absolute atomic E-state index is 0.353. The second-order valence-corrected chi connectivity index (χ2v) is 2.51. The van der Waals surface area contributed by atoms with Crippen molar-refractivity contribution in [3.63, 3.8) is 0 Å². The Balaban J connectivity index is 3.12. The second-order valence-electron chi connectivity index (χ2n) is 1.85. The summed E-state index contributed by atoms with van der Waals surface area (Å²) in [6.45, 7) is 0. The average molecular weight is 235 g/mol. The number of rotatable bonds is 2. The van der Waals surface area contributed by atoms with E-state index < -0.39 is 5.24 Å². The molecule has 0 aliphatic rings. The van der Waals surface area contributed by atoms with Gasteiger partial charge in [-0.3, -0.25) is 4.79 Å². The lowest BCUT2D eigenvalue weighted by molar-refractivity contribution is 0.108. The van der Waals surface area contributed by atoms with Crippen LogP contribution in [0.2, 0.25) is 0 Å². The van der Waals surface area contributed by atoms with Crippen molar-refractivity contribution in [3.05, 3.63) is 29.8 Å². The molecule has 11 heavy (non-hydrogen) atoms. The van der Waals surface area contributed by atoms with Crippen LogP contribution in [-0.4, -0.2) is 5.24 Å². The van der Waals surface area contributed by atoms with Crippen molar-refractivity contribution in [1.82, 2.24) is 0 Å². The zero-order valence-electron chi connectivity index (χ0n) is 5.38. The Kier molecular flexibility index (Phi) is 2.91. The predicted molar refractivity (Wildman–Crippen MR) is 46.2 cm³/mol. The number of halogens is 2. The quantitative estimate of drug-likeness (QED) is 0.737. The van der Waals surface area contributed by atoms with E-state index in [-0.39, 0.29) is 0 Å². The lowest BCUT2D eigenvalue weighted by Gasteiger charge is -1.99. The van der Waals surface area contributed by atoms with E-state index in [2.05, 4.69) is 16.3 Å². The topological polar surface area (TPSA) is 26.3 Å². The average Bonchev–Trinajstić information content (AvgIpc) is 2.04. The van der Waals surface area contributed by atoms with E-state index in [9.17, 15) is 4.79 Å². The van der Waals surface area contributed by atoms with Gasteiger partial charge in [-0.25, -0.2) is 0 Å². The number of para-hydroxylation sites is 1. The van der Waals surface area contributed by atoms with Crippen LogP contribution in [0.3, 0.4) is 0 Å². The van der Waals surface area contributed by atoms with Crippen LogP contribution in [0.15, 0.2) is 24.3 Å². The molecule has 0 saturated carbocycles. The summed E-state index contributed by atoms with van der Waals surface area (Å²) < 4.78 is 4.71. The molecule has 0 atom stereocenters. The molecule has 0 amide bonds. The van der Waals surface area contributed by atoms with Gasteiger partial charge in [0.15, 0.2) is 16.3 Å². The highest BCUT2D eigenvalue weighted by molar-refractivity contribution is 9.06. The Hall–Kier alpha value is -0.540. The molecule has 0 aliphatic heterocycles. The summed E-state index contributed by atoms with van der Waals surface area (Å²) in [7, 11) is 0. The molecule has 0 bridgehead atoms. The van der Waals surface area contributed by atoms with Gasteiger partial charge in [0.2, 0.25) is 0 Å². The standard InChI is InChI=1S/C7H4BrClO2/c8-11-6-4-2-1-3-5(6)7(9)10/h1-4H. The van der Waals surface area contributed by atoms with E-state index in [4.69, 9.17) is 15.4 Å². The third-order valence-electron chi connectivity index (χ3n) is 1.18. The summed E-state index contributed by atoms with van der Waals surface area (Å²) >= 11 is 8.01. The molecule has 0 N–H and O–H groups in total. The van der Waals surface area contributed by atoms with Gasteiger partial charge in [0.25, 0.3) is 5.24 Å². The van der Waals surface area contributed by atoms with Crippen molar-refractivity contribution in [2.45, 2.75) is 0 Å². The summed E-state index contributed by atoms with van der Waals surface area (Å²) in [5.74, 6) is 0.424. The van der Waals surface area contributed by atoms with E-state index in [0.717, 1.165) is 0 Å². The molecule has 0 heterocycles. The Morgan fingerprint density at radius 2 is 2.09 bits per heavy atom. The lowest BCUT2D eigenvalue weighted by atomic mass is 10.2. The van der Waals surface area contributed by atoms with Gasteiger partial charge in [0.1, 0.15) is 5.75 Å². The Labute approximate surface area is 77.6 Å². The van der Waals surface area contributed by atoms with Crippen molar-refractivity contribution in [3.8, 4) is 5.75 Å². The van der Waals surface area contributed by atoms with Crippen LogP contribution in [-0.2, 0) is 0 Å². The van der Waals surface area contributed by atoms with E-state index in [1.807, 2.05) is 0 Å². The zero-order chi connectivity index (χ0) is 8.27. The molecule has 58 valence electrons. The predicted octanol–water partition coefficient (Wildman–Crippen LogP) is 2.75. The highest BCUT2D eigenvalue weighted by Gasteiger charge is 2.07. The first kappa shape index (κ1) is 8.56. The highest BCUT2D eigenvalue weighted by Crippen LogP contribution is 2.20. The monoisotopic (exact) mass is 234 g/mol. The molecule has 2 nitrogen and oxygen atoms in total. The molecule has 1 aromatic carbocycles. The van der Waals surface area contributed by atoms with Gasteiger partial charge in [-0.05, 0) is 23.7 Å². The van der Waals surface area contributed by atoms with Gasteiger partial charge in [0, 0.05) is 0 Å². The van der Waals surface area contributed by atoms with Crippen molar-refractivity contribution in [2.75, 3.05) is 0 Å². The van der Waals surface area contributed by atoms with Crippen LogP contribution >= 0.6 is 27.9 Å². The van der Waals surface area contributed by atoms with Crippen LogP contribution in [0.1, 0.15) is 10.4 Å². The van der Waals surface area contributed by atoms with Crippen LogP contribution in [0.4, 0.5) is 0 Å². The first-order valence-electron chi connectivity index (χ1n) is 2.83. The van der Waals surface area contributed by atoms with Gasteiger partial charge in [0.05, 0.1) is 5.56 Å². The fraction of sp³-hybridized carbons (Fsp3) is 0. The molecule has 0 unspecified atom stereocenters. The van der Waals surface area contributed by atoms with Gasteiger partial charge in [-0.15, -0.1) is 0 Å². The molecule has 0 aromatic heterocycles. The molecule has 0 saturated heterocycles. The fourth-order valence-corrected chi connectivity index (χ4v) is 1.13. The van der Waals surface area contributed by atoms with Crippen LogP contribution < -0.4 is 3.83 Å².